The summed E-state index contributed by atoms with van der Waals surface area (Å²) in [6.45, 7) is 0. The maximum absolute atomic E-state index is 12.2. The second kappa shape index (κ2) is 6.37. The van der Waals surface area contributed by atoms with E-state index in [4.69, 9.17) is 21.8 Å². The van der Waals surface area contributed by atoms with E-state index < -0.39 is 26.8 Å². The number of carbonyl (C=O) groups excluding carboxylic acids is 1. The third kappa shape index (κ3) is 3.86. The number of carbonyl (C=O) groups is 2. The second-order valence-electron chi connectivity index (χ2n) is 4.50. The van der Waals surface area contributed by atoms with Gasteiger partial charge in [0.2, 0.25) is 10.0 Å². The molecule has 0 atom stereocenters. The maximum atomic E-state index is 12.2. The normalized spacial score (nSPS) is 11.0. The van der Waals surface area contributed by atoms with Crippen LogP contribution in [0, 0.1) is 0 Å². The number of hydrogen-bond acceptors (Lipinski definition) is 4. The summed E-state index contributed by atoms with van der Waals surface area (Å²) in [6.07, 6.45) is 0. The summed E-state index contributed by atoms with van der Waals surface area (Å²) in [5.41, 5.74) is -0.0443. The van der Waals surface area contributed by atoms with Gasteiger partial charge in [0.15, 0.2) is 0 Å². The topological polar surface area (TPSA) is 127 Å². The largest absolute Gasteiger partial charge is 0.478 e. The zero-order valence-corrected chi connectivity index (χ0v) is 13.1. The Kier molecular flexibility index (Phi) is 4.69. The van der Waals surface area contributed by atoms with Crippen molar-refractivity contribution in [3.8, 4) is 0 Å². The predicted octanol–water partition coefficient (Wildman–Crippen LogP) is 1.94. The number of carboxylic acids is 1. The molecule has 120 valence electrons. The Morgan fingerprint density at radius 2 is 1.78 bits per heavy atom. The minimum absolute atomic E-state index is 0.0291. The number of primary sulfonamides is 1. The molecule has 0 saturated carbocycles. The third-order valence-electron chi connectivity index (χ3n) is 2.91. The fourth-order valence-corrected chi connectivity index (χ4v) is 2.91. The summed E-state index contributed by atoms with van der Waals surface area (Å²) < 4.78 is 22.8. The molecule has 0 bridgehead atoms. The van der Waals surface area contributed by atoms with Gasteiger partial charge in [-0.25, -0.2) is 18.4 Å². The highest BCUT2D eigenvalue weighted by Gasteiger charge is 2.18. The minimum Gasteiger partial charge on any atom is -0.478 e. The summed E-state index contributed by atoms with van der Waals surface area (Å²) in [6, 6.07) is 9.36. The molecule has 2 aromatic rings. The van der Waals surface area contributed by atoms with Crippen molar-refractivity contribution in [2.24, 2.45) is 5.14 Å². The average Bonchev–Trinajstić information content (AvgIpc) is 2.46. The second-order valence-corrected chi connectivity index (χ2v) is 6.43. The lowest BCUT2D eigenvalue weighted by molar-refractivity contribution is 0.0698. The van der Waals surface area contributed by atoms with Gasteiger partial charge in [0.05, 0.1) is 16.3 Å². The van der Waals surface area contributed by atoms with Crippen LogP contribution in [0.1, 0.15) is 20.7 Å². The van der Waals surface area contributed by atoms with Crippen molar-refractivity contribution < 1.29 is 23.1 Å². The van der Waals surface area contributed by atoms with E-state index in [1.165, 1.54) is 30.3 Å². The lowest BCUT2D eigenvalue weighted by atomic mass is 10.1. The van der Waals surface area contributed by atoms with Crippen LogP contribution in [-0.4, -0.2) is 25.4 Å². The number of nitrogens with one attached hydrogen (secondary N) is 1. The van der Waals surface area contributed by atoms with Gasteiger partial charge in [-0.2, -0.15) is 0 Å². The predicted molar refractivity (Wildman–Crippen MR) is 84.2 cm³/mol. The van der Waals surface area contributed by atoms with Crippen LogP contribution in [0.25, 0.3) is 0 Å². The monoisotopic (exact) mass is 354 g/mol. The van der Waals surface area contributed by atoms with Crippen molar-refractivity contribution in [2.45, 2.75) is 4.90 Å². The number of benzene rings is 2. The van der Waals surface area contributed by atoms with Crippen LogP contribution < -0.4 is 10.5 Å². The number of para-hydroxylation sites is 1. The van der Waals surface area contributed by atoms with Crippen LogP contribution in [0.15, 0.2) is 47.4 Å². The van der Waals surface area contributed by atoms with E-state index in [0.29, 0.717) is 0 Å². The molecule has 4 N–H and O–H groups in total. The summed E-state index contributed by atoms with van der Waals surface area (Å²) in [5.74, 6) is -1.90. The average molecular weight is 355 g/mol. The highest BCUT2D eigenvalue weighted by molar-refractivity contribution is 7.89. The number of amides is 1. The fraction of sp³-hybridized carbons (Fsp3) is 0. The Morgan fingerprint density at radius 3 is 2.39 bits per heavy atom. The van der Waals surface area contributed by atoms with Crippen molar-refractivity contribution in [2.75, 3.05) is 5.32 Å². The number of nitrogens with two attached hydrogens (primary N) is 1. The Labute approximate surface area is 136 Å². The smallest absolute Gasteiger partial charge is 0.337 e. The van der Waals surface area contributed by atoms with Crippen LogP contribution >= 0.6 is 11.6 Å². The number of hydrogen-bond donors (Lipinski definition) is 3. The molecular weight excluding hydrogens is 344 g/mol. The van der Waals surface area contributed by atoms with Gasteiger partial charge >= 0.3 is 5.97 Å². The van der Waals surface area contributed by atoms with Gasteiger partial charge in [-0.05, 0) is 30.3 Å². The molecule has 0 aliphatic rings. The van der Waals surface area contributed by atoms with Gasteiger partial charge in [0.1, 0.15) is 4.90 Å². The van der Waals surface area contributed by atoms with E-state index in [2.05, 4.69) is 5.32 Å². The van der Waals surface area contributed by atoms with E-state index in [-0.39, 0.29) is 21.8 Å². The van der Waals surface area contributed by atoms with Crippen molar-refractivity contribution in [1.82, 2.24) is 0 Å². The molecule has 2 aromatic carbocycles. The highest BCUT2D eigenvalue weighted by Crippen LogP contribution is 2.23. The Hall–Kier alpha value is -2.42. The lowest BCUT2D eigenvalue weighted by Crippen LogP contribution is -2.17. The van der Waals surface area contributed by atoms with E-state index in [0.717, 1.165) is 6.07 Å². The van der Waals surface area contributed by atoms with Crippen molar-refractivity contribution >= 4 is 39.2 Å². The van der Waals surface area contributed by atoms with Gasteiger partial charge in [-0.3, -0.25) is 4.79 Å². The quantitative estimate of drug-likeness (QED) is 0.773. The fourth-order valence-electron chi connectivity index (χ4n) is 1.84. The maximum Gasteiger partial charge on any atom is 0.337 e. The molecule has 0 spiro atoms. The first kappa shape index (κ1) is 16.9. The van der Waals surface area contributed by atoms with Crippen LogP contribution in [-0.2, 0) is 10.0 Å². The van der Waals surface area contributed by atoms with Crippen LogP contribution in [0.5, 0.6) is 0 Å². The van der Waals surface area contributed by atoms with Crippen LogP contribution in [0.3, 0.4) is 0 Å². The van der Waals surface area contributed by atoms with Crippen molar-refractivity contribution in [3.63, 3.8) is 0 Å². The van der Waals surface area contributed by atoms with Gasteiger partial charge in [0, 0.05) is 5.56 Å². The van der Waals surface area contributed by atoms with Crippen LogP contribution in [0.2, 0.25) is 5.02 Å². The van der Waals surface area contributed by atoms with Crippen molar-refractivity contribution in [3.05, 3.63) is 58.6 Å². The van der Waals surface area contributed by atoms with Gasteiger partial charge < -0.3 is 10.4 Å². The summed E-state index contributed by atoms with van der Waals surface area (Å²) in [7, 11) is -4.09. The first-order valence-corrected chi connectivity index (χ1v) is 8.08. The molecule has 0 aromatic heterocycles. The molecule has 0 aliphatic heterocycles. The Balaban J connectivity index is 2.38. The molecule has 23 heavy (non-hydrogen) atoms. The van der Waals surface area contributed by atoms with E-state index >= 15 is 0 Å². The van der Waals surface area contributed by atoms with Crippen LogP contribution in [0.4, 0.5) is 5.69 Å². The first-order valence-electron chi connectivity index (χ1n) is 6.16. The van der Waals surface area contributed by atoms with Gasteiger partial charge in [0.25, 0.3) is 5.91 Å². The number of carboxylic acid groups (broad SMARTS) is 1. The molecule has 9 heteroatoms. The van der Waals surface area contributed by atoms with Crippen molar-refractivity contribution in [1.29, 1.82) is 0 Å². The summed E-state index contributed by atoms with van der Waals surface area (Å²) >= 11 is 5.74. The zero-order chi connectivity index (χ0) is 17.2. The number of aromatic carboxylic acids is 1. The molecule has 0 unspecified atom stereocenters. The molecule has 0 heterocycles. The molecule has 1 amide bonds. The van der Waals surface area contributed by atoms with Gasteiger partial charge in [-0.1, -0.05) is 23.7 Å². The Bertz CT molecular complexity index is 896. The molecule has 0 radical (unpaired) electrons. The third-order valence-corrected chi connectivity index (χ3v) is 4.30. The molecule has 0 saturated heterocycles. The Morgan fingerprint density at radius 1 is 1.13 bits per heavy atom. The first-order chi connectivity index (χ1) is 10.7. The summed E-state index contributed by atoms with van der Waals surface area (Å²) in [4.78, 5) is 22.9. The molecule has 2 rings (SSSR count). The van der Waals surface area contributed by atoms with Gasteiger partial charge in [-0.15, -0.1) is 0 Å². The summed E-state index contributed by atoms with van der Waals surface area (Å²) in [5, 5.41) is 16.4. The van der Waals surface area contributed by atoms with E-state index in [9.17, 15) is 18.0 Å². The van der Waals surface area contributed by atoms with E-state index in [1.54, 1.807) is 6.07 Å². The SMILES string of the molecule is NS(=O)(=O)c1cc(C(=O)Nc2ccccc2C(=O)O)ccc1Cl. The molecular formula is C14H11ClN2O5S. The zero-order valence-electron chi connectivity index (χ0n) is 11.5. The number of anilines is 1. The minimum atomic E-state index is -4.09. The number of sulfonamides is 1. The standard InChI is InChI=1S/C14H11ClN2O5S/c15-10-6-5-8(7-12(10)23(16,21)22)13(18)17-11-4-2-1-3-9(11)14(19)20/h1-7H,(H,17,18)(H,19,20)(H2,16,21,22). The molecule has 7 nitrogen and oxygen atoms in total. The number of halogens is 1. The molecule has 0 aliphatic carbocycles. The number of rotatable bonds is 4. The molecule has 0 fully saturated rings. The highest BCUT2D eigenvalue weighted by atomic mass is 35.5. The van der Waals surface area contributed by atoms with E-state index in [1.807, 2.05) is 0 Å². The lowest BCUT2D eigenvalue weighted by Gasteiger charge is -2.09.